The van der Waals surface area contributed by atoms with Gasteiger partial charge >= 0.3 is 0 Å². The molecule has 23 heavy (non-hydrogen) atoms. The van der Waals surface area contributed by atoms with Gasteiger partial charge in [0.25, 0.3) is 17.4 Å². The Morgan fingerprint density at radius 3 is 2.39 bits per heavy atom. The fourth-order valence-corrected chi connectivity index (χ4v) is 2.62. The molecular weight excluding hydrogens is 322 g/mol. The van der Waals surface area contributed by atoms with Crippen molar-refractivity contribution >= 4 is 23.4 Å². The maximum atomic E-state index is 12.4. The van der Waals surface area contributed by atoms with Crippen molar-refractivity contribution in [1.29, 1.82) is 0 Å². The van der Waals surface area contributed by atoms with Crippen LogP contribution < -0.4 is 5.56 Å². The molecule has 1 fully saturated rings. The van der Waals surface area contributed by atoms with Crippen molar-refractivity contribution in [1.82, 2.24) is 14.8 Å². The van der Waals surface area contributed by atoms with Crippen LogP contribution in [0, 0.1) is 0 Å². The molecule has 2 aromatic rings. The van der Waals surface area contributed by atoms with Gasteiger partial charge in [-0.05, 0) is 18.2 Å². The zero-order valence-corrected chi connectivity index (χ0v) is 12.9. The van der Waals surface area contributed by atoms with E-state index in [1.54, 1.807) is 17.0 Å². The summed E-state index contributed by atoms with van der Waals surface area (Å²) in [6, 6.07) is 4.60. The molecule has 2 amide bonds. The van der Waals surface area contributed by atoms with E-state index >= 15 is 0 Å². The highest BCUT2D eigenvalue weighted by Crippen LogP contribution is 2.12. The third-order valence-electron chi connectivity index (χ3n) is 3.68. The summed E-state index contributed by atoms with van der Waals surface area (Å²) in [7, 11) is 0. The first-order valence-electron chi connectivity index (χ1n) is 7.06. The van der Waals surface area contributed by atoms with Crippen molar-refractivity contribution in [3.8, 4) is 0 Å². The van der Waals surface area contributed by atoms with E-state index in [0.717, 1.165) is 0 Å². The molecule has 120 valence electrons. The predicted molar refractivity (Wildman–Crippen MR) is 82.6 cm³/mol. The number of halogens is 1. The summed E-state index contributed by atoms with van der Waals surface area (Å²) in [6.07, 6.45) is 2.78. The molecule has 2 aromatic heterocycles. The number of aromatic nitrogens is 1. The Bertz CT molecular complexity index is 776. The van der Waals surface area contributed by atoms with Gasteiger partial charge in [0, 0.05) is 32.4 Å². The van der Waals surface area contributed by atoms with Crippen LogP contribution in [0.15, 0.2) is 39.9 Å². The van der Waals surface area contributed by atoms with Gasteiger partial charge in [0.2, 0.25) is 0 Å². The van der Waals surface area contributed by atoms with Crippen LogP contribution in [0.3, 0.4) is 0 Å². The first-order valence-corrected chi connectivity index (χ1v) is 7.44. The largest absolute Gasteiger partial charge is 0.459 e. The van der Waals surface area contributed by atoms with Gasteiger partial charge in [0.05, 0.1) is 11.3 Å². The highest BCUT2D eigenvalue weighted by molar-refractivity contribution is 6.30. The zero-order valence-electron chi connectivity index (χ0n) is 12.1. The SMILES string of the molecule is O=C(c1ccco1)N1CCN(C(=O)c2cc(Cl)c[nH]c2=O)CC1. The number of aromatic amines is 1. The van der Waals surface area contributed by atoms with Crippen molar-refractivity contribution in [2.45, 2.75) is 0 Å². The minimum atomic E-state index is -0.478. The minimum absolute atomic E-state index is 0.00307. The molecule has 3 heterocycles. The van der Waals surface area contributed by atoms with Crippen molar-refractivity contribution < 1.29 is 14.0 Å². The van der Waals surface area contributed by atoms with Gasteiger partial charge in [0.1, 0.15) is 5.56 Å². The van der Waals surface area contributed by atoms with Gasteiger partial charge < -0.3 is 19.2 Å². The molecule has 0 aromatic carbocycles. The molecule has 8 heteroatoms. The number of nitrogens with zero attached hydrogens (tertiary/aromatic N) is 2. The summed E-state index contributed by atoms with van der Waals surface area (Å²) in [6.45, 7) is 1.45. The van der Waals surface area contributed by atoms with Gasteiger partial charge in [-0.1, -0.05) is 11.6 Å². The minimum Gasteiger partial charge on any atom is -0.459 e. The number of hydrogen-bond acceptors (Lipinski definition) is 4. The summed E-state index contributed by atoms with van der Waals surface area (Å²) in [5.74, 6) is -0.322. The third-order valence-corrected chi connectivity index (χ3v) is 3.90. The quantitative estimate of drug-likeness (QED) is 0.894. The second kappa shape index (κ2) is 6.29. The molecular formula is C15H14ClN3O4. The first-order chi connectivity index (χ1) is 11.1. The lowest BCUT2D eigenvalue weighted by atomic mass is 10.2. The molecule has 1 N–H and O–H groups in total. The molecule has 1 aliphatic heterocycles. The molecule has 0 unspecified atom stereocenters. The molecule has 0 saturated carbocycles. The van der Waals surface area contributed by atoms with E-state index in [1.165, 1.54) is 23.4 Å². The fraction of sp³-hybridized carbons (Fsp3) is 0.267. The van der Waals surface area contributed by atoms with Gasteiger partial charge in [-0.2, -0.15) is 0 Å². The number of hydrogen-bond donors (Lipinski definition) is 1. The summed E-state index contributed by atoms with van der Waals surface area (Å²) in [5.41, 5.74) is -0.475. The number of carbonyl (C=O) groups excluding carboxylic acids is 2. The highest BCUT2D eigenvalue weighted by Gasteiger charge is 2.27. The number of piperazine rings is 1. The molecule has 1 aliphatic rings. The Morgan fingerprint density at radius 1 is 1.13 bits per heavy atom. The maximum absolute atomic E-state index is 12.4. The Hall–Kier alpha value is -2.54. The van der Waals surface area contributed by atoms with Crippen LogP contribution in [-0.4, -0.2) is 52.8 Å². The van der Waals surface area contributed by atoms with E-state index in [1.807, 2.05) is 0 Å². The molecule has 1 saturated heterocycles. The average Bonchev–Trinajstić information content (AvgIpc) is 3.10. The van der Waals surface area contributed by atoms with E-state index in [9.17, 15) is 14.4 Å². The molecule has 0 radical (unpaired) electrons. The number of rotatable bonds is 2. The lowest BCUT2D eigenvalue weighted by Gasteiger charge is -2.34. The second-order valence-corrected chi connectivity index (χ2v) is 5.56. The molecule has 3 rings (SSSR count). The lowest BCUT2D eigenvalue weighted by molar-refractivity contribution is 0.0517. The van der Waals surface area contributed by atoms with Crippen molar-refractivity contribution in [3.05, 3.63) is 57.4 Å². The summed E-state index contributed by atoms with van der Waals surface area (Å²) in [5, 5.41) is 0.291. The van der Waals surface area contributed by atoms with Crippen molar-refractivity contribution in [3.63, 3.8) is 0 Å². The van der Waals surface area contributed by atoms with Crippen LogP contribution in [0.2, 0.25) is 5.02 Å². The van der Waals surface area contributed by atoms with Crippen LogP contribution in [0.5, 0.6) is 0 Å². The van der Waals surface area contributed by atoms with Crippen molar-refractivity contribution in [2.24, 2.45) is 0 Å². The summed E-state index contributed by atoms with van der Waals surface area (Å²) >= 11 is 5.82. The van der Waals surface area contributed by atoms with E-state index < -0.39 is 5.56 Å². The number of nitrogens with one attached hydrogen (secondary N) is 1. The summed E-state index contributed by atoms with van der Waals surface area (Å²) < 4.78 is 5.09. The molecule has 0 atom stereocenters. The van der Waals surface area contributed by atoms with Gasteiger partial charge in [0.15, 0.2) is 5.76 Å². The number of pyridine rings is 1. The first kappa shape index (κ1) is 15.4. The van der Waals surface area contributed by atoms with Crippen LogP contribution in [0.1, 0.15) is 20.9 Å². The standard InChI is InChI=1S/C15H14ClN3O4/c16-10-8-11(13(20)17-9-10)14(21)18-3-5-19(6-4-18)15(22)12-2-1-7-23-12/h1-2,7-9H,3-6H2,(H,17,20). The monoisotopic (exact) mass is 335 g/mol. The zero-order chi connectivity index (χ0) is 16.4. The smallest absolute Gasteiger partial charge is 0.289 e. The number of carbonyl (C=O) groups is 2. The molecule has 7 nitrogen and oxygen atoms in total. The molecule has 0 aliphatic carbocycles. The maximum Gasteiger partial charge on any atom is 0.289 e. The van der Waals surface area contributed by atoms with Crippen LogP contribution in [0.25, 0.3) is 0 Å². The highest BCUT2D eigenvalue weighted by atomic mass is 35.5. The number of furan rings is 1. The average molecular weight is 336 g/mol. The van der Waals surface area contributed by atoms with Gasteiger partial charge in [-0.25, -0.2) is 0 Å². The van der Waals surface area contributed by atoms with Crippen molar-refractivity contribution in [2.75, 3.05) is 26.2 Å². The topological polar surface area (TPSA) is 86.6 Å². The Balaban J connectivity index is 1.67. The molecule has 0 spiro atoms. The predicted octanol–water partition coefficient (Wildman–Crippen LogP) is 1.22. The van der Waals surface area contributed by atoms with E-state index in [2.05, 4.69) is 4.98 Å². The normalized spacial score (nSPS) is 14.8. The lowest BCUT2D eigenvalue weighted by Crippen LogP contribution is -2.51. The van der Waals surface area contributed by atoms with Crippen LogP contribution >= 0.6 is 11.6 Å². The number of amides is 2. The molecule has 0 bridgehead atoms. The third kappa shape index (κ3) is 3.14. The summed E-state index contributed by atoms with van der Waals surface area (Å²) in [4.78, 5) is 41.9. The van der Waals surface area contributed by atoms with Crippen LogP contribution in [0.4, 0.5) is 0 Å². The second-order valence-electron chi connectivity index (χ2n) is 5.12. The Kier molecular flexibility index (Phi) is 4.20. The van der Waals surface area contributed by atoms with E-state index in [4.69, 9.17) is 16.0 Å². The van der Waals surface area contributed by atoms with Gasteiger partial charge in [-0.15, -0.1) is 0 Å². The Labute approximate surface area is 136 Å². The van der Waals surface area contributed by atoms with E-state index in [-0.39, 0.29) is 23.1 Å². The Morgan fingerprint density at radius 2 is 1.78 bits per heavy atom. The fourth-order valence-electron chi connectivity index (χ4n) is 2.46. The van der Waals surface area contributed by atoms with Gasteiger partial charge in [-0.3, -0.25) is 14.4 Å². The number of H-pyrrole nitrogens is 1. The van der Waals surface area contributed by atoms with E-state index in [0.29, 0.717) is 31.2 Å². The van der Waals surface area contributed by atoms with Crippen LogP contribution in [-0.2, 0) is 0 Å².